The van der Waals surface area contributed by atoms with Crippen molar-refractivity contribution in [2.24, 2.45) is 10.9 Å². The van der Waals surface area contributed by atoms with E-state index in [1.807, 2.05) is 7.05 Å². The van der Waals surface area contributed by atoms with Crippen LogP contribution < -0.4 is 5.32 Å². The molecule has 2 atom stereocenters. The first-order chi connectivity index (χ1) is 14.2. The van der Waals surface area contributed by atoms with Gasteiger partial charge in [-0.15, -0.1) is 11.3 Å². The Morgan fingerprint density at radius 1 is 1.24 bits per heavy atom. The van der Waals surface area contributed by atoms with E-state index in [2.05, 4.69) is 67.7 Å². The van der Waals surface area contributed by atoms with Gasteiger partial charge in [-0.2, -0.15) is 0 Å². The highest BCUT2D eigenvalue weighted by Crippen LogP contribution is 2.31. The Bertz CT molecular complexity index is 803. The fraction of sp³-hybridized carbons (Fsp3) is 0.565. The average Bonchev–Trinajstić information content (AvgIpc) is 3.17. The molecule has 5 nitrogen and oxygen atoms in total. The van der Waals surface area contributed by atoms with Gasteiger partial charge >= 0.3 is 0 Å². The van der Waals surface area contributed by atoms with Crippen LogP contribution in [0.4, 0.5) is 0 Å². The predicted octanol–water partition coefficient (Wildman–Crippen LogP) is 3.56. The predicted molar refractivity (Wildman–Crippen MR) is 121 cm³/mol. The number of thiazole rings is 1. The summed E-state index contributed by atoms with van der Waals surface area (Å²) in [6.45, 7) is 7.47. The number of rotatable bonds is 5. The van der Waals surface area contributed by atoms with Crippen LogP contribution in [0.25, 0.3) is 0 Å². The second kappa shape index (κ2) is 9.72. The number of hydrogen-bond acceptors (Lipinski definition) is 4. The summed E-state index contributed by atoms with van der Waals surface area (Å²) in [7, 11) is 1.91. The van der Waals surface area contributed by atoms with Gasteiger partial charge in [0, 0.05) is 51.1 Å². The third-order valence-electron chi connectivity index (χ3n) is 6.25. The van der Waals surface area contributed by atoms with Gasteiger partial charge in [0.05, 0.1) is 10.7 Å². The normalized spacial score (nSPS) is 23.1. The van der Waals surface area contributed by atoms with Crippen molar-refractivity contribution in [3.05, 3.63) is 52.0 Å². The molecule has 2 aliphatic heterocycles. The van der Waals surface area contributed by atoms with Gasteiger partial charge in [0.1, 0.15) is 0 Å². The molecule has 3 heterocycles. The fourth-order valence-electron chi connectivity index (χ4n) is 4.87. The molecular formula is C23H33N5S. The number of piperidine rings is 2. The zero-order chi connectivity index (χ0) is 20.1. The van der Waals surface area contributed by atoms with E-state index in [0.29, 0.717) is 6.04 Å². The number of aliphatic imine (C=N–C) groups is 1. The number of aromatic nitrogens is 1. The van der Waals surface area contributed by atoms with Gasteiger partial charge in [0.2, 0.25) is 0 Å². The van der Waals surface area contributed by atoms with Crippen molar-refractivity contribution < 1.29 is 0 Å². The number of aryl methyl sites for hydroxylation is 1. The first-order valence-corrected chi connectivity index (χ1v) is 11.8. The number of benzene rings is 1. The van der Waals surface area contributed by atoms with Gasteiger partial charge < -0.3 is 10.2 Å². The van der Waals surface area contributed by atoms with E-state index in [0.717, 1.165) is 49.5 Å². The molecule has 0 aliphatic carbocycles. The zero-order valence-corrected chi connectivity index (χ0v) is 18.5. The second-order valence-electron chi connectivity index (χ2n) is 8.24. The van der Waals surface area contributed by atoms with Gasteiger partial charge in [-0.25, -0.2) is 4.98 Å². The maximum Gasteiger partial charge on any atom is 0.193 e. The van der Waals surface area contributed by atoms with Crippen LogP contribution in [0, 0.1) is 12.8 Å². The molecule has 0 saturated carbocycles. The molecule has 2 saturated heterocycles. The number of guanidine groups is 1. The standard InChI is InChI=1S/C23H33N5S/c1-18-26-21(17-29-18)10-12-25-23(24-2)28-14-11-22-20(16-28)9-6-13-27(22)15-19-7-4-3-5-8-19/h3-5,7-8,17,20,22H,6,9-16H2,1-2H3,(H,24,25). The summed E-state index contributed by atoms with van der Waals surface area (Å²) in [5, 5.41) is 6.87. The van der Waals surface area contributed by atoms with E-state index in [9.17, 15) is 0 Å². The first-order valence-electron chi connectivity index (χ1n) is 10.9. The highest BCUT2D eigenvalue weighted by molar-refractivity contribution is 7.09. The van der Waals surface area contributed by atoms with Crippen molar-refractivity contribution in [2.45, 2.75) is 45.2 Å². The van der Waals surface area contributed by atoms with E-state index in [-0.39, 0.29) is 0 Å². The highest BCUT2D eigenvalue weighted by atomic mass is 32.1. The number of likely N-dealkylation sites (tertiary alicyclic amines) is 2. The Labute approximate surface area is 178 Å². The quantitative estimate of drug-likeness (QED) is 0.604. The minimum Gasteiger partial charge on any atom is -0.356 e. The summed E-state index contributed by atoms with van der Waals surface area (Å²) in [5.41, 5.74) is 2.61. The van der Waals surface area contributed by atoms with Crippen LogP contribution in [0.1, 0.15) is 35.5 Å². The van der Waals surface area contributed by atoms with Crippen LogP contribution >= 0.6 is 11.3 Å². The summed E-state index contributed by atoms with van der Waals surface area (Å²) in [6.07, 6.45) is 4.82. The van der Waals surface area contributed by atoms with E-state index in [4.69, 9.17) is 0 Å². The third kappa shape index (κ3) is 5.17. The van der Waals surface area contributed by atoms with Crippen molar-refractivity contribution >= 4 is 17.3 Å². The summed E-state index contributed by atoms with van der Waals surface area (Å²) < 4.78 is 0. The lowest BCUT2D eigenvalue weighted by Crippen LogP contribution is -2.56. The van der Waals surface area contributed by atoms with Crippen molar-refractivity contribution in [2.75, 3.05) is 33.2 Å². The summed E-state index contributed by atoms with van der Waals surface area (Å²) in [5.74, 6) is 1.79. The molecule has 0 spiro atoms. The van der Waals surface area contributed by atoms with Gasteiger partial charge in [-0.05, 0) is 44.2 Å². The minimum absolute atomic E-state index is 0.705. The lowest BCUT2D eigenvalue weighted by Gasteiger charge is -2.48. The third-order valence-corrected chi connectivity index (χ3v) is 7.08. The van der Waals surface area contributed by atoms with E-state index in [1.165, 1.54) is 37.1 Å². The number of hydrogen-bond donors (Lipinski definition) is 1. The summed E-state index contributed by atoms with van der Waals surface area (Å²) in [6, 6.07) is 11.6. The first kappa shape index (κ1) is 20.4. The van der Waals surface area contributed by atoms with Crippen molar-refractivity contribution in [1.82, 2.24) is 20.1 Å². The molecule has 1 aromatic carbocycles. The molecule has 2 aliphatic rings. The van der Waals surface area contributed by atoms with Crippen LogP contribution in [-0.4, -0.2) is 60.0 Å². The lowest BCUT2D eigenvalue weighted by molar-refractivity contribution is 0.0373. The number of nitrogens with zero attached hydrogens (tertiary/aromatic N) is 4. The van der Waals surface area contributed by atoms with Crippen LogP contribution in [0.5, 0.6) is 0 Å². The largest absolute Gasteiger partial charge is 0.356 e. The van der Waals surface area contributed by atoms with Gasteiger partial charge in [-0.3, -0.25) is 9.89 Å². The van der Waals surface area contributed by atoms with E-state index >= 15 is 0 Å². The molecule has 1 aromatic heterocycles. The van der Waals surface area contributed by atoms with Crippen LogP contribution in [-0.2, 0) is 13.0 Å². The molecule has 0 bridgehead atoms. The maximum atomic E-state index is 4.57. The fourth-order valence-corrected chi connectivity index (χ4v) is 5.52. The molecule has 1 N–H and O–H groups in total. The molecule has 156 valence electrons. The molecule has 29 heavy (non-hydrogen) atoms. The average molecular weight is 412 g/mol. The molecular weight excluding hydrogens is 378 g/mol. The zero-order valence-electron chi connectivity index (χ0n) is 17.7. The Morgan fingerprint density at radius 2 is 2.10 bits per heavy atom. The molecule has 2 unspecified atom stereocenters. The number of fused-ring (bicyclic) bond motifs is 1. The van der Waals surface area contributed by atoms with Crippen molar-refractivity contribution in [3.63, 3.8) is 0 Å². The molecule has 2 fully saturated rings. The summed E-state index contributed by atoms with van der Waals surface area (Å²) in [4.78, 5) is 14.3. The molecule has 2 aromatic rings. The molecule has 6 heteroatoms. The Morgan fingerprint density at radius 3 is 2.86 bits per heavy atom. The van der Waals surface area contributed by atoms with Crippen LogP contribution in [0.3, 0.4) is 0 Å². The second-order valence-corrected chi connectivity index (χ2v) is 9.30. The highest BCUT2D eigenvalue weighted by Gasteiger charge is 2.36. The molecule has 0 radical (unpaired) electrons. The van der Waals surface area contributed by atoms with Crippen molar-refractivity contribution in [1.29, 1.82) is 0 Å². The Hall–Kier alpha value is -1.92. The van der Waals surface area contributed by atoms with E-state index < -0.39 is 0 Å². The monoisotopic (exact) mass is 411 g/mol. The van der Waals surface area contributed by atoms with Gasteiger partial charge in [-0.1, -0.05) is 30.3 Å². The van der Waals surface area contributed by atoms with Crippen LogP contribution in [0.2, 0.25) is 0 Å². The van der Waals surface area contributed by atoms with Gasteiger partial charge in [0.15, 0.2) is 5.96 Å². The molecule has 4 rings (SSSR count). The number of nitrogens with one attached hydrogen (secondary N) is 1. The minimum atomic E-state index is 0.705. The van der Waals surface area contributed by atoms with E-state index in [1.54, 1.807) is 11.3 Å². The Kier molecular flexibility index (Phi) is 6.82. The topological polar surface area (TPSA) is 43.8 Å². The lowest BCUT2D eigenvalue weighted by atomic mass is 9.83. The summed E-state index contributed by atoms with van der Waals surface area (Å²) >= 11 is 1.73. The maximum absolute atomic E-state index is 4.57. The van der Waals surface area contributed by atoms with Crippen molar-refractivity contribution in [3.8, 4) is 0 Å². The Balaban J connectivity index is 1.31. The van der Waals surface area contributed by atoms with Gasteiger partial charge in [0.25, 0.3) is 0 Å². The smallest absolute Gasteiger partial charge is 0.193 e. The SMILES string of the molecule is CN=C(NCCc1csc(C)n1)N1CCC2C(CCCN2Cc2ccccc2)C1. The molecule has 0 amide bonds. The van der Waals surface area contributed by atoms with Crippen LogP contribution in [0.15, 0.2) is 40.7 Å².